The Morgan fingerprint density at radius 3 is 2.83 bits per heavy atom. The maximum absolute atomic E-state index is 12.1. The minimum atomic E-state index is -0.366. The molecule has 1 aromatic heterocycles. The maximum Gasteiger partial charge on any atom is 0.275 e. The molecule has 0 bridgehead atoms. The number of hydrogen-bond donors (Lipinski definition) is 1. The number of carbonyl (C=O) groups is 1. The number of amidine groups is 1. The first-order valence-electron chi connectivity index (χ1n) is 7.02. The Balaban J connectivity index is 1.72. The molecule has 0 radical (unpaired) electrons. The minimum absolute atomic E-state index is 0.242. The summed E-state index contributed by atoms with van der Waals surface area (Å²) >= 11 is 1.35. The van der Waals surface area contributed by atoms with Gasteiger partial charge in [-0.05, 0) is 30.2 Å². The van der Waals surface area contributed by atoms with Crippen LogP contribution < -0.4 is 5.32 Å². The van der Waals surface area contributed by atoms with Crippen LogP contribution in [0.2, 0.25) is 0 Å². The van der Waals surface area contributed by atoms with Gasteiger partial charge in [0, 0.05) is 5.75 Å². The molecule has 6 nitrogen and oxygen atoms in total. The summed E-state index contributed by atoms with van der Waals surface area (Å²) in [6.45, 7) is -0.366. The van der Waals surface area contributed by atoms with Crippen LogP contribution in [0, 0.1) is 0 Å². The number of amides is 1. The number of benzene rings is 1. The molecule has 0 saturated heterocycles. The van der Waals surface area contributed by atoms with E-state index in [-0.39, 0.29) is 12.6 Å². The molecular formula is C15H14FN5OS. The number of aliphatic imine (C=N–C) groups is 1. The van der Waals surface area contributed by atoms with Crippen LogP contribution in [0.15, 0.2) is 47.6 Å². The van der Waals surface area contributed by atoms with E-state index in [1.807, 2.05) is 24.3 Å². The van der Waals surface area contributed by atoms with Crippen LogP contribution in [-0.2, 0) is 4.79 Å². The Morgan fingerprint density at radius 1 is 1.30 bits per heavy atom. The first kappa shape index (κ1) is 15.4. The molecule has 1 amide bonds. The Bertz CT molecular complexity index is 740. The molecule has 0 atom stereocenters. The zero-order valence-electron chi connectivity index (χ0n) is 12.1. The quantitative estimate of drug-likeness (QED) is 0.673. The molecule has 23 heavy (non-hydrogen) atoms. The molecule has 1 N–H and O–H groups in total. The lowest BCUT2D eigenvalue weighted by Crippen LogP contribution is -2.21. The molecule has 1 aliphatic heterocycles. The molecule has 0 fully saturated rings. The Morgan fingerprint density at radius 2 is 2.13 bits per heavy atom. The minimum Gasteiger partial charge on any atom is -0.300 e. The van der Waals surface area contributed by atoms with Crippen LogP contribution in [0.4, 0.5) is 4.39 Å². The van der Waals surface area contributed by atoms with Crippen LogP contribution >= 0.6 is 11.8 Å². The van der Waals surface area contributed by atoms with E-state index in [2.05, 4.69) is 20.4 Å². The van der Waals surface area contributed by atoms with Crippen molar-refractivity contribution in [3.8, 4) is 5.69 Å². The molecule has 2 heterocycles. The average Bonchev–Trinajstić information content (AvgIpc) is 3.19. The van der Waals surface area contributed by atoms with Gasteiger partial charge in [-0.2, -0.15) is 5.10 Å². The lowest BCUT2D eigenvalue weighted by molar-refractivity contribution is -0.115. The molecule has 1 aliphatic rings. The van der Waals surface area contributed by atoms with E-state index in [4.69, 9.17) is 0 Å². The fourth-order valence-electron chi connectivity index (χ4n) is 1.96. The van der Waals surface area contributed by atoms with E-state index in [9.17, 15) is 9.18 Å². The number of hydrogen-bond acceptors (Lipinski definition) is 5. The summed E-state index contributed by atoms with van der Waals surface area (Å²) in [5.74, 6) is 0.350. The van der Waals surface area contributed by atoms with Gasteiger partial charge in [-0.15, -0.1) is 0 Å². The summed E-state index contributed by atoms with van der Waals surface area (Å²) in [4.78, 5) is 20.0. The normalized spacial score (nSPS) is 15.8. The number of halogens is 1. The number of nitrogens with zero attached hydrogens (tertiary/aromatic N) is 4. The van der Waals surface area contributed by atoms with Crippen molar-refractivity contribution in [2.75, 3.05) is 12.4 Å². The summed E-state index contributed by atoms with van der Waals surface area (Å²) < 4.78 is 13.7. The zero-order valence-corrected chi connectivity index (χ0v) is 13.0. The number of rotatable bonds is 5. The SMILES string of the molecule is O=C1NC(SCCCF)=NC1=Cc1ccc(-n2cncn2)cc1. The van der Waals surface area contributed by atoms with Crippen LogP contribution in [0.5, 0.6) is 0 Å². The zero-order chi connectivity index (χ0) is 16.1. The number of aromatic nitrogens is 3. The highest BCUT2D eigenvalue weighted by molar-refractivity contribution is 8.13. The Hall–Kier alpha value is -2.48. The molecule has 3 rings (SSSR count). The maximum atomic E-state index is 12.1. The van der Waals surface area contributed by atoms with Crippen molar-refractivity contribution >= 4 is 28.9 Å². The summed E-state index contributed by atoms with van der Waals surface area (Å²) in [7, 11) is 0. The molecule has 118 valence electrons. The van der Waals surface area contributed by atoms with Crippen molar-refractivity contribution in [3.05, 3.63) is 48.2 Å². The fraction of sp³-hybridized carbons (Fsp3) is 0.200. The van der Waals surface area contributed by atoms with Crippen LogP contribution in [-0.4, -0.2) is 38.3 Å². The Labute approximate surface area is 136 Å². The van der Waals surface area contributed by atoms with Crippen LogP contribution in [0.25, 0.3) is 11.8 Å². The summed E-state index contributed by atoms with van der Waals surface area (Å²) in [6, 6.07) is 7.52. The van der Waals surface area contributed by atoms with Gasteiger partial charge in [0.05, 0.1) is 12.4 Å². The van der Waals surface area contributed by atoms with Gasteiger partial charge in [0.15, 0.2) is 5.17 Å². The molecule has 0 spiro atoms. The van der Waals surface area contributed by atoms with Gasteiger partial charge in [0.25, 0.3) is 5.91 Å². The van der Waals surface area contributed by atoms with Crippen molar-refractivity contribution in [1.29, 1.82) is 0 Å². The highest BCUT2D eigenvalue weighted by atomic mass is 32.2. The first-order chi connectivity index (χ1) is 11.3. The molecular weight excluding hydrogens is 317 g/mol. The van der Waals surface area contributed by atoms with Crippen LogP contribution in [0.1, 0.15) is 12.0 Å². The van der Waals surface area contributed by atoms with Crippen molar-refractivity contribution in [3.63, 3.8) is 0 Å². The van der Waals surface area contributed by atoms with Gasteiger partial charge in [-0.3, -0.25) is 14.5 Å². The number of thioether (sulfide) groups is 1. The largest absolute Gasteiger partial charge is 0.300 e. The number of carbonyl (C=O) groups excluding carboxylic acids is 1. The molecule has 1 aromatic carbocycles. The van der Waals surface area contributed by atoms with Crippen molar-refractivity contribution in [2.45, 2.75) is 6.42 Å². The van der Waals surface area contributed by atoms with Gasteiger partial charge in [-0.1, -0.05) is 23.9 Å². The summed E-state index contributed by atoms with van der Waals surface area (Å²) in [5, 5.41) is 7.25. The second-order valence-corrected chi connectivity index (χ2v) is 5.81. The topological polar surface area (TPSA) is 72.2 Å². The van der Waals surface area contributed by atoms with Crippen molar-refractivity contribution < 1.29 is 9.18 Å². The van der Waals surface area contributed by atoms with Gasteiger partial charge in [-0.25, -0.2) is 14.7 Å². The van der Waals surface area contributed by atoms with E-state index in [1.54, 1.807) is 17.1 Å². The molecule has 8 heteroatoms. The number of nitrogens with one attached hydrogen (secondary N) is 1. The van der Waals surface area contributed by atoms with E-state index in [1.165, 1.54) is 18.1 Å². The van der Waals surface area contributed by atoms with Gasteiger partial charge in [0.1, 0.15) is 18.4 Å². The Kier molecular flexibility index (Phi) is 4.82. The van der Waals surface area contributed by atoms with Crippen molar-refractivity contribution in [1.82, 2.24) is 20.1 Å². The molecule has 2 aromatic rings. The molecule has 0 saturated carbocycles. The van der Waals surface area contributed by atoms with Gasteiger partial charge < -0.3 is 0 Å². The first-order valence-corrected chi connectivity index (χ1v) is 8.00. The predicted molar refractivity (Wildman–Crippen MR) is 88.0 cm³/mol. The lowest BCUT2D eigenvalue weighted by Gasteiger charge is -2.00. The fourth-order valence-corrected chi connectivity index (χ4v) is 2.74. The van der Waals surface area contributed by atoms with E-state index < -0.39 is 0 Å². The van der Waals surface area contributed by atoms with E-state index >= 15 is 0 Å². The third-order valence-electron chi connectivity index (χ3n) is 3.07. The van der Waals surface area contributed by atoms with Crippen LogP contribution in [0.3, 0.4) is 0 Å². The average molecular weight is 331 g/mol. The summed E-state index contributed by atoms with van der Waals surface area (Å²) in [6.07, 6.45) is 5.24. The second-order valence-electron chi connectivity index (χ2n) is 4.72. The third-order valence-corrected chi connectivity index (χ3v) is 4.03. The van der Waals surface area contributed by atoms with Gasteiger partial charge >= 0.3 is 0 Å². The highest BCUT2D eigenvalue weighted by Gasteiger charge is 2.19. The lowest BCUT2D eigenvalue weighted by atomic mass is 10.2. The standard InChI is InChI=1S/C15H14FN5OS/c16-6-1-7-23-15-19-13(14(22)20-15)8-11-2-4-12(5-3-11)21-10-17-9-18-21/h2-5,8-10H,1,6-7H2,(H,19,20,22). The van der Waals surface area contributed by atoms with Gasteiger partial charge in [0.2, 0.25) is 0 Å². The summed E-state index contributed by atoms with van der Waals surface area (Å²) in [5.41, 5.74) is 2.09. The number of alkyl halides is 1. The molecule has 0 unspecified atom stereocenters. The monoisotopic (exact) mass is 331 g/mol. The van der Waals surface area contributed by atoms with E-state index in [0.29, 0.717) is 23.0 Å². The van der Waals surface area contributed by atoms with E-state index in [0.717, 1.165) is 11.3 Å². The van der Waals surface area contributed by atoms with Crippen molar-refractivity contribution in [2.24, 2.45) is 4.99 Å². The second kappa shape index (κ2) is 7.19. The highest BCUT2D eigenvalue weighted by Crippen LogP contribution is 2.18. The molecule has 0 aliphatic carbocycles. The smallest absolute Gasteiger partial charge is 0.275 e. The predicted octanol–water partition coefficient (Wildman–Crippen LogP) is 2.19. The third kappa shape index (κ3) is 3.84.